The van der Waals surface area contributed by atoms with E-state index in [2.05, 4.69) is 41.7 Å². The molecule has 1 saturated carbocycles. The van der Waals surface area contributed by atoms with E-state index in [1.54, 1.807) is 7.11 Å². The summed E-state index contributed by atoms with van der Waals surface area (Å²) in [7, 11) is 1.71. The molecule has 1 aliphatic heterocycles. The molecular weight excluding hydrogens is 474 g/mol. The highest BCUT2D eigenvalue weighted by Gasteiger charge is 2.53. The Hall–Kier alpha value is -2.01. The molecule has 0 radical (unpaired) electrons. The number of nitrogens with one attached hydrogen (secondary N) is 1. The van der Waals surface area contributed by atoms with E-state index in [9.17, 15) is 0 Å². The van der Waals surface area contributed by atoms with E-state index in [1.807, 2.05) is 30.3 Å². The molecule has 0 bridgehead atoms. The molecular formula is C26H27BrClNO2. The minimum Gasteiger partial charge on any atom is -0.493 e. The van der Waals surface area contributed by atoms with Gasteiger partial charge in [-0.25, -0.2) is 0 Å². The Morgan fingerprint density at radius 3 is 2.45 bits per heavy atom. The van der Waals surface area contributed by atoms with E-state index in [-0.39, 0.29) is 28.4 Å². The summed E-state index contributed by atoms with van der Waals surface area (Å²) in [4.78, 5) is 0. The molecule has 1 unspecified atom stereocenters. The molecule has 2 aliphatic rings. The van der Waals surface area contributed by atoms with Crippen LogP contribution in [0, 0.1) is 0 Å². The number of ether oxygens (including phenoxy) is 2. The van der Waals surface area contributed by atoms with Gasteiger partial charge >= 0.3 is 0 Å². The van der Waals surface area contributed by atoms with Crippen molar-refractivity contribution < 1.29 is 9.47 Å². The lowest BCUT2D eigenvalue weighted by atomic mass is 9.79. The van der Waals surface area contributed by atoms with Crippen LogP contribution in [0.25, 0.3) is 0 Å². The summed E-state index contributed by atoms with van der Waals surface area (Å²) in [5.41, 5.74) is 5.09. The summed E-state index contributed by atoms with van der Waals surface area (Å²) in [6, 6.07) is 23.1. The van der Waals surface area contributed by atoms with Gasteiger partial charge in [0.25, 0.3) is 0 Å². The average molecular weight is 501 g/mol. The normalized spacial score (nSPS) is 18.5. The van der Waals surface area contributed by atoms with Gasteiger partial charge in [0.1, 0.15) is 6.61 Å². The molecule has 0 saturated heterocycles. The highest BCUT2D eigenvalue weighted by Crippen LogP contribution is 2.59. The lowest BCUT2D eigenvalue weighted by Gasteiger charge is -2.35. The quantitative estimate of drug-likeness (QED) is 0.423. The monoisotopic (exact) mass is 499 g/mol. The van der Waals surface area contributed by atoms with Crippen LogP contribution in [-0.4, -0.2) is 13.7 Å². The number of hydrogen-bond donors (Lipinski definition) is 1. The maximum absolute atomic E-state index is 6.62. The van der Waals surface area contributed by atoms with Crippen LogP contribution in [0.5, 0.6) is 11.5 Å². The molecule has 3 nitrogen and oxygen atoms in total. The number of halogens is 2. The van der Waals surface area contributed by atoms with Gasteiger partial charge in [-0.2, -0.15) is 0 Å². The lowest BCUT2D eigenvalue weighted by molar-refractivity contribution is 0.282. The van der Waals surface area contributed by atoms with E-state index in [4.69, 9.17) is 21.1 Å². The number of methoxy groups -OCH3 is 1. The van der Waals surface area contributed by atoms with Gasteiger partial charge in [-0.3, -0.25) is 0 Å². The topological polar surface area (TPSA) is 30.5 Å². The summed E-state index contributed by atoms with van der Waals surface area (Å²) in [5, 5.41) is 4.65. The second-order valence-corrected chi connectivity index (χ2v) is 8.66. The van der Waals surface area contributed by atoms with Crippen molar-refractivity contribution in [2.75, 3.05) is 13.7 Å². The summed E-state index contributed by atoms with van der Waals surface area (Å²) >= 11 is 6.62. The predicted molar refractivity (Wildman–Crippen MR) is 131 cm³/mol. The van der Waals surface area contributed by atoms with E-state index < -0.39 is 0 Å². The molecule has 0 amide bonds. The molecule has 1 fully saturated rings. The maximum Gasteiger partial charge on any atom is 0.162 e. The van der Waals surface area contributed by atoms with Gasteiger partial charge in [0.05, 0.1) is 7.11 Å². The first-order valence-electron chi connectivity index (χ1n) is 10.6. The number of benzene rings is 3. The lowest BCUT2D eigenvalue weighted by Crippen LogP contribution is -2.38. The molecule has 31 heavy (non-hydrogen) atoms. The van der Waals surface area contributed by atoms with Crippen molar-refractivity contribution in [3.05, 3.63) is 94.0 Å². The molecule has 3 aromatic rings. The van der Waals surface area contributed by atoms with Gasteiger partial charge in [-0.15, -0.1) is 17.0 Å². The highest BCUT2D eigenvalue weighted by molar-refractivity contribution is 8.93. The molecule has 1 heterocycles. The van der Waals surface area contributed by atoms with Gasteiger partial charge < -0.3 is 14.8 Å². The zero-order valence-corrected chi connectivity index (χ0v) is 20.0. The van der Waals surface area contributed by atoms with Crippen LogP contribution in [0.1, 0.15) is 41.1 Å². The fourth-order valence-electron chi connectivity index (χ4n) is 4.78. The smallest absolute Gasteiger partial charge is 0.162 e. The van der Waals surface area contributed by atoms with E-state index >= 15 is 0 Å². The molecule has 1 aliphatic carbocycles. The van der Waals surface area contributed by atoms with Crippen molar-refractivity contribution in [2.24, 2.45) is 0 Å². The minimum atomic E-state index is 0. The highest BCUT2D eigenvalue weighted by atomic mass is 79.9. The Kier molecular flexibility index (Phi) is 6.61. The third-order valence-corrected chi connectivity index (χ3v) is 6.80. The molecule has 1 atom stereocenters. The van der Waals surface area contributed by atoms with Gasteiger partial charge in [0, 0.05) is 16.5 Å². The molecule has 5 rings (SSSR count). The Balaban J connectivity index is 0.00000231. The van der Waals surface area contributed by atoms with Crippen molar-refractivity contribution >= 4 is 28.6 Å². The van der Waals surface area contributed by atoms with E-state index in [0.29, 0.717) is 6.61 Å². The number of hydrogen-bond acceptors (Lipinski definition) is 3. The first kappa shape index (κ1) is 22.2. The summed E-state index contributed by atoms with van der Waals surface area (Å²) < 4.78 is 11.9. The van der Waals surface area contributed by atoms with Crippen LogP contribution in [0.3, 0.4) is 0 Å². The van der Waals surface area contributed by atoms with Crippen LogP contribution < -0.4 is 14.8 Å². The predicted octanol–water partition coefficient (Wildman–Crippen LogP) is 6.42. The van der Waals surface area contributed by atoms with E-state index in [0.717, 1.165) is 47.9 Å². The van der Waals surface area contributed by atoms with Crippen molar-refractivity contribution in [1.82, 2.24) is 5.32 Å². The average Bonchev–Trinajstić information content (AvgIpc) is 3.59. The van der Waals surface area contributed by atoms with Crippen molar-refractivity contribution in [2.45, 2.75) is 37.3 Å². The minimum absolute atomic E-state index is 0. The summed E-state index contributed by atoms with van der Waals surface area (Å²) in [6.07, 6.45) is 3.26. The van der Waals surface area contributed by atoms with Crippen molar-refractivity contribution in [3.63, 3.8) is 0 Å². The van der Waals surface area contributed by atoms with Crippen LogP contribution in [0.4, 0.5) is 0 Å². The van der Waals surface area contributed by atoms with Gasteiger partial charge in [0.2, 0.25) is 0 Å². The Morgan fingerprint density at radius 1 is 1.00 bits per heavy atom. The second kappa shape index (κ2) is 9.23. The van der Waals surface area contributed by atoms with E-state index in [1.165, 1.54) is 16.7 Å². The number of fused-ring (bicyclic) bond motifs is 1. The van der Waals surface area contributed by atoms with Gasteiger partial charge in [-0.1, -0.05) is 60.1 Å². The molecule has 3 aromatic carbocycles. The van der Waals surface area contributed by atoms with Crippen LogP contribution in [-0.2, 0) is 18.4 Å². The molecule has 0 spiro atoms. The van der Waals surface area contributed by atoms with Crippen LogP contribution >= 0.6 is 28.6 Å². The standard InChI is InChI=1S/C26H26ClNO2.BrH/c1-29-23-15-19-11-14-28-25(26(12-13-26)21-9-5-6-10-22(21)27)20(19)16-24(23)30-17-18-7-3-2-4-8-18;/h2-10,15-16,25,28H,11-14,17H2,1H3;1H. The van der Waals surface area contributed by atoms with Crippen LogP contribution in [0.15, 0.2) is 66.7 Å². The third kappa shape index (κ3) is 4.21. The Labute approximate surface area is 199 Å². The third-order valence-electron chi connectivity index (χ3n) is 6.47. The Morgan fingerprint density at radius 2 is 1.74 bits per heavy atom. The van der Waals surface area contributed by atoms with Crippen LogP contribution in [0.2, 0.25) is 5.02 Å². The molecule has 162 valence electrons. The molecule has 1 N–H and O–H groups in total. The van der Waals surface area contributed by atoms with Crippen molar-refractivity contribution in [3.8, 4) is 11.5 Å². The first-order valence-corrected chi connectivity index (χ1v) is 10.9. The maximum atomic E-state index is 6.62. The van der Waals surface area contributed by atoms with Gasteiger partial charge in [-0.05, 0) is 66.3 Å². The summed E-state index contributed by atoms with van der Waals surface area (Å²) in [5.74, 6) is 1.59. The summed E-state index contributed by atoms with van der Waals surface area (Å²) in [6.45, 7) is 1.47. The second-order valence-electron chi connectivity index (χ2n) is 8.25. The first-order chi connectivity index (χ1) is 14.7. The van der Waals surface area contributed by atoms with Gasteiger partial charge in [0.15, 0.2) is 11.5 Å². The number of rotatable bonds is 6. The fraction of sp³-hybridized carbons (Fsp3) is 0.308. The molecule has 0 aromatic heterocycles. The van der Waals surface area contributed by atoms with Crippen molar-refractivity contribution in [1.29, 1.82) is 0 Å². The zero-order valence-electron chi connectivity index (χ0n) is 17.6. The largest absolute Gasteiger partial charge is 0.493 e. The zero-order chi connectivity index (χ0) is 20.6. The Bertz CT molecular complexity index is 1050. The molecule has 5 heteroatoms. The fourth-order valence-corrected chi connectivity index (χ4v) is 5.10. The SMILES string of the molecule is Br.COc1cc2c(cc1OCc1ccccc1)C(C1(c3ccccc3Cl)CC1)NCC2.